The molecule has 0 saturated carbocycles. The fourth-order valence-corrected chi connectivity index (χ4v) is 3.62. The van der Waals surface area contributed by atoms with Crippen LogP contribution in [0.1, 0.15) is 19.8 Å². The first-order chi connectivity index (χ1) is 9.51. The Labute approximate surface area is 120 Å². The Morgan fingerprint density at radius 1 is 1.35 bits per heavy atom. The third kappa shape index (κ3) is 3.94. The zero-order chi connectivity index (χ0) is 14.6. The summed E-state index contributed by atoms with van der Waals surface area (Å²) in [5.74, 6) is 0.356. The minimum atomic E-state index is -3.52. The largest absolute Gasteiger partial charge is 0.508 e. The smallest absolute Gasteiger partial charge is 0.240 e. The summed E-state index contributed by atoms with van der Waals surface area (Å²) in [6.07, 6.45) is 2.05. The summed E-state index contributed by atoms with van der Waals surface area (Å²) >= 11 is 0. The molecule has 6 heteroatoms. The highest BCUT2D eigenvalue weighted by molar-refractivity contribution is 7.89. The van der Waals surface area contributed by atoms with E-state index in [9.17, 15) is 13.5 Å². The van der Waals surface area contributed by atoms with Crippen LogP contribution in [0.15, 0.2) is 29.2 Å². The van der Waals surface area contributed by atoms with Gasteiger partial charge in [-0.15, -0.1) is 0 Å². The van der Waals surface area contributed by atoms with E-state index in [4.69, 9.17) is 0 Å². The van der Waals surface area contributed by atoms with Crippen molar-refractivity contribution in [2.75, 3.05) is 26.2 Å². The molecule has 2 N–H and O–H groups in total. The molecule has 1 saturated heterocycles. The molecule has 0 aromatic heterocycles. The van der Waals surface area contributed by atoms with Crippen molar-refractivity contribution in [1.29, 1.82) is 0 Å². The predicted molar refractivity (Wildman–Crippen MR) is 78.1 cm³/mol. The topological polar surface area (TPSA) is 69.6 Å². The van der Waals surface area contributed by atoms with E-state index in [0.717, 1.165) is 32.5 Å². The third-order valence-corrected chi connectivity index (χ3v) is 5.27. The van der Waals surface area contributed by atoms with E-state index in [1.54, 1.807) is 0 Å². The number of nitrogens with zero attached hydrogens (tertiary/aromatic N) is 1. The van der Waals surface area contributed by atoms with Crippen LogP contribution < -0.4 is 4.72 Å². The van der Waals surface area contributed by atoms with Crippen molar-refractivity contribution in [1.82, 2.24) is 9.62 Å². The number of rotatable bonds is 5. The molecule has 20 heavy (non-hydrogen) atoms. The van der Waals surface area contributed by atoms with Crippen LogP contribution in [0, 0.1) is 5.92 Å². The van der Waals surface area contributed by atoms with Gasteiger partial charge in [-0.2, -0.15) is 0 Å². The maximum atomic E-state index is 12.1. The first-order valence-electron chi connectivity index (χ1n) is 7.02. The lowest BCUT2D eigenvalue weighted by Gasteiger charge is -2.30. The zero-order valence-electron chi connectivity index (χ0n) is 11.7. The number of nitrogens with one attached hydrogen (secondary N) is 1. The number of phenols is 1. The normalized spacial score (nSPS) is 18.2. The van der Waals surface area contributed by atoms with Crippen LogP contribution >= 0.6 is 0 Å². The van der Waals surface area contributed by atoms with Crippen molar-refractivity contribution >= 4 is 10.0 Å². The quantitative estimate of drug-likeness (QED) is 0.862. The zero-order valence-corrected chi connectivity index (χ0v) is 12.6. The van der Waals surface area contributed by atoms with Crippen LogP contribution in [-0.2, 0) is 10.0 Å². The van der Waals surface area contributed by atoms with Gasteiger partial charge in [0, 0.05) is 6.54 Å². The first-order valence-corrected chi connectivity index (χ1v) is 8.50. The Morgan fingerprint density at radius 3 is 2.65 bits per heavy atom. The van der Waals surface area contributed by atoms with Gasteiger partial charge in [0.1, 0.15) is 5.75 Å². The molecular formula is C14H22N2O3S. The van der Waals surface area contributed by atoms with Gasteiger partial charge in [0.05, 0.1) is 4.90 Å². The van der Waals surface area contributed by atoms with Gasteiger partial charge in [-0.3, -0.25) is 0 Å². The number of sulfonamides is 1. The summed E-state index contributed by atoms with van der Waals surface area (Å²) in [7, 11) is -3.52. The van der Waals surface area contributed by atoms with Gasteiger partial charge in [-0.05, 0) is 56.6 Å². The van der Waals surface area contributed by atoms with Gasteiger partial charge in [0.25, 0.3) is 0 Å². The van der Waals surface area contributed by atoms with Crippen molar-refractivity contribution in [2.24, 2.45) is 5.92 Å². The lowest BCUT2D eigenvalue weighted by Crippen LogP contribution is -2.38. The van der Waals surface area contributed by atoms with Crippen LogP contribution in [0.5, 0.6) is 5.75 Å². The molecule has 1 aliphatic heterocycles. The highest BCUT2D eigenvalue weighted by Crippen LogP contribution is 2.18. The maximum Gasteiger partial charge on any atom is 0.240 e. The lowest BCUT2D eigenvalue weighted by atomic mass is 9.97. The molecule has 0 aliphatic carbocycles. The van der Waals surface area contributed by atoms with E-state index in [1.165, 1.54) is 24.3 Å². The molecule has 1 fully saturated rings. The maximum absolute atomic E-state index is 12.1. The molecule has 1 aromatic carbocycles. The molecule has 0 spiro atoms. The fourth-order valence-electron chi connectivity index (χ4n) is 2.47. The van der Waals surface area contributed by atoms with Gasteiger partial charge in [0.15, 0.2) is 0 Å². The van der Waals surface area contributed by atoms with Gasteiger partial charge in [-0.1, -0.05) is 13.0 Å². The molecule has 0 unspecified atom stereocenters. The van der Waals surface area contributed by atoms with Crippen molar-refractivity contribution in [3.8, 4) is 5.75 Å². The van der Waals surface area contributed by atoms with E-state index in [-0.39, 0.29) is 10.6 Å². The average molecular weight is 298 g/mol. The van der Waals surface area contributed by atoms with Crippen molar-refractivity contribution in [3.63, 3.8) is 0 Å². The molecule has 112 valence electrons. The summed E-state index contributed by atoms with van der Waals surface area (Å²) < 4.78 is 26.9. The summed E-state index contributed by atoms with van der Waals surface area (Å²) in [6.45, 7) is 5.74. The van der Waals surface area contributed by atoms with Gasteiger partial charge >= 0.3 is 0 Å². The van der Waals surface area contributed by atoms with Crippen molar-refractivity contribution < 1.29 is 13.5 Å². The number of likely N-dealkylation sites (tertiary alicyclic amines) is 1. The summed E-state index contributed by atoms with van der Waals surface area (Å²) in [5.41, 5.74) is 0. The summed E-state index contributed by atoms with van der Waals surface area (Å²) in [4.78, 5) is 2.49. The molecule has 1 aromatic rings. The van der Waals surface area contributed by atoms with E-state index in [2.05, 4.69) is 16.5 Å². The SMILES string of the molecule is CCN1CCC(CNS(=O)(=O)c2cccc(O)c2)CC1. The van der Waals surface area contributed by atoms with Gasteiger partial charge in [-0.25, -0.2) is 13.1 Å². The predicted octanol–water partition coefficient (Wildman–Crippen LogP) is 1.40. The second-order valence-electron chi connectivity index (χ2n) is 5.23. The molecule has 0 bridgehead atoms. The van der Waals surface area contributed by atoms with Gasteiger partial charge < -0.3 is 10.0 Å². The Balaban J connectivity index is 1.90. The van der Waals surface area contributed by atoms with E-state index in [1.807, 2.05) is 0 Å². The Hall–Kier alpha value is -1.11. The van der Waals surface area contributed by atoms with Crippen LogP contribution in [0.2, 0.25) is 0 Å². The van der Waals surface area contributed by atoms with E-state index in [0.29, 0.717) is 12.5 Å². The van der Waals surface area contributed by atoms with E-state index >= 15 is 0 Å². The number of aromatic hydroxyl groups is 1. The van der Waals surface area contributed by atoms with E-state index < -0.39 is 10.0 Å². The molecule has 0 atom stereocenters. The molecule has 5 nitrogen and oxygen atoms in total. The lowest BCUT2D eigenvalue weighted by molar-refractivity contribution is 0.194. The molecule has 0 radical (unpaired) electrons. The molecule has 1 heterocycles. The number of piperidine rings is 1. The Morgan fingerprint density at radius 2 is 2.05 bits per heavy atom. The van der Waals surface area contributed by atoms with Crippen molar-refractivity contribution in [2.45, 2.75) is 24.7 Å². The second-order valence-corrected chi connectivity index (χ2v) is 6.99. The highest BCUT2D eigenvalue weighted by Gasteiger charge is 2.21. The number of hydrogen-bond donors (Lipinski definition) is 2. The van der Waals surface area contributed by atoms with Crippen molar-refractivity contribution in [3.05, 3.63) is 24.3 Å². The van der Waals surface area contributed by atoms with Crippen LogP contribution in [0.25, 0.3) is 0 Å². The second kappa shape index (κ2) is 6.56. The number of hydrogen-bond acceptors (Lipinski definition) is 4. The minimum absolute atomic E-state index is 0.0378. The molecule has 0 amide bonds. The molecule has 1 aliphatic rings. The Kier molecular flexibility index (Phi) is 5.01. The van der Waals surface area contributed by atoms with Gasteiger partial charge in [0.2, 0.25) is 10.0 Å². The standard InChI is InChI=1S/C14H22N2O3S/c1-2-16-8-6-12(7-9-16)11-15-20(18,19)14-5-3-4-13(17)10-14/h3-5,10,12,15,17H,2,6-9,11H2,1H3. The fraction of sp³-hybridized carbons (Fsp3) is 0.571. The molecular weight excluding hydrogens is 276 g/mol. The van der Waals surface area contributed by atoms with Crippen LogP contribution in [0.3, 0.4) is 0 Å². The third-order valence-electron chi connectivity index (χ3n) is 3.84. The minimum Gasteiger partial charge on any atom is -0.508 e. The summed E-state index contributed by atoms with van der Waals surface area (Å²) in [6, 6.07) is 5.74. The van der Waals surface area contributed by atoms with Crippen LogP contribution in [-0.4, -0.2) is 44.6 Å². The first kappa shape index (κ1) is 15.3. The Bertz CT molecular complexity index is 537. The average Bonchev–Trinajstić information content (AvgIpc) is 2.46. The summed E-state index contributed by atoms with van der Waals surface area (Å²) in [5, 5.41) is 9.35. The highest BCUT2D eigenvalue weighted by atomic mass is 32.2. The number of phenolic OH excluding ortho intramolecular Hbond substituents is 1. The van der Waals surface area contributed by atoms with Crippen LogP contribution in [0.4, 0.5) is 0 Å². The molecule has 2 rings (SSSR count). The number of benzene rings is 1. The monoisotopic (exact) mass is 298 g/mol.